The molecule has 0 radical (unpaired) electrons. The van der Waals surface area contributed by atoms with E-state index in [1.165, 1.54) is 5.75 Å². The number of aliphatic hydroxyl groups excluding tert-OH is 1. The van der Waals surface area contributed by atoms with E-state index in [1.54, 1.807) is 0 Å². The van der Waals surface area contributed by atoms with E-state index in [0.29, 0.717) is 12.6 Å². The minimum absolute atomic E-state index is 0.295. The highest BCUT2D eigenvalue weighted by Crippen LogP contribution is 2.10. The molecule has 0 amide bonds. The van der Waals surface area contributed by atoms with Crippen LogP contribution in [0.15, 0.2) is 0 Å². The first-order chi connectivity index (χ1) is 6.70. The lowest BCUT2D eigenvalue weighted by atomic mass is 10.2. The first-order valence-corrected chi connectivity index (χ1v) is 6.78. The van der Waals surface area contributed by atoms with Crippen molar-refractivity contribution in [1.82, 2.24) is 5.32 Å². The van der Waals surface area contributed by atoms with E-state index in [-0.39, 0.29) is 0 Å². The van der Waals surface area contributed by atoms with E-state index < -0.39 is 0 Å². The van der Waals surface area contributed by atoms with Gasteiger partial charge in [0.1, 0.15) is 0 Å². The summed E-state index contributed by atoms with van der Waals surface area (Å²) >= 11 is 1.99. The molecule has 14 heavy (non-hydrogen) atoms. The van der Waals surface area contributed by atoms with Gasteiger partial charge in [-0.2, -0.15) is 11.8 Å². The van der Waals surface area contributed by atoms with E-state index in [0.717, 1.165) is 31.1 Å². The van der Waals surface area contributed by atoms with Gasteiger partial charge in [0.15, 0.2) is 0 Å². The molecule has 0 aromatic heterocycles. The van der Waals surface area contributed by atoms with Crippen molar-refractivity contribution in [2.24, 2.45) is 5.92 Å². The van der Waals surface area contributed by atoms with Crippen LogP contribution in [0.1, 0.15) is 33.6 Å². The quantitative estimate of drug-likeness (QED) is 0.623. The molecule has 0 aromatic carbocycles. The SMILES string of the molecule is CCCNC(CCO)CSCC(C)C. The highest BCUT2D eigenvalue weighted by Gasteiger charge is 2.07. The Kier molecular flexibility index (Phi) is 10.0. The molecular formula is C11H25NOS. The lowest BCUT2D eigenvalue weighted by Crippen LogP contribution is -2.33. The second kappa shape index (κ2) is 9.81. The van der Waals surface area contributed by atoms with Crippen molar-refractivity contribution in [1.29, 1.82) is 0 Å². The molecule has 0 saturated heterocycles. The van der Waals surface area contributed by atoms with Gasteiger partial charge >= 0.3 is 0 Å². The minimum Gasteiger partial charge on any atom is -0.396 e. The highest BCUT2D eigenvalue weighted by molar-refractivity contribution is 7.99. The van der Waals surface area contributed by atoms with E-state index >= 15 is 0 Å². The van der Waals surface area contributed by atoms with Crippen molar-refractivity contribution < 1.29 is 5.11 Å². The highest BCUT2D eigenvalue weighted by atomic mass is 32.2. The van der Waals surface area contributed by atoms with Crippen LogP contribution in [0.3, 0.4) is 0 Å². The number of aliphatic hydroxyl groups is 1. The lowest BCUT2D eigenvalue weighted by molar-refractivity contribution is 0.270. The maximum absolute atomic E-state index is 8.90. The van der Waals surface area contributed by atoms with Gasteiger partial charge in [-0.15, -0.1) is 0 Å². The van der Waals surface area contributed by atoms with Gasteiger partial charge in [-0.1, -0.05) is 20.8 Å². The van der Waals surface area contributed by atoms with Crippen LogP contribution >= 0.6 is 11.8 Å². The topological polar surface area (TPSA) is 32.3 Å². The summed E-state index contributed by atoms with van der Waals surface area (Å²) in [6, 6.07) is 0.490. The molecule has 86 valence electrons. The van der Waals surface area contributed by atoms with Crippen LogP contribution in [0.4, 0.5) is 0 Å². The first kappa shape index (κ1) is 14.3. The van der Waals surface area contributed by atoms with Crippen LogP contribution in [0, 0.1) is 5.92 Å². The molecule has 0 aromatic rings. The van der Waals surface area contributed by atoms with Gasteiger partial charge in [0, 0.05) is 18.4 Å². The molecule has 2 nitrogen and oxygen atoms in total. The van der Waals surface area contributed by atoms with Gasteiger partial charge in [-0.05, 0) is 31.1 Å². The Morgan fingerprint density at radius 1 is 1.29 bits per heavy atom. The summed E-state index contributed by atoms with van der Waals surface area (Å²) < 4.78 is 0. The Hall–Kier alpha value is 0.270. The summed E-state index contributed by atoms with van der Waals surface area (Å²) in [5.41, 5.74) is 0. The summed E-state index contributed by atoms with van der Waals surface area (Å²) in [6.45, 7) is 8.02. The molecule has 0 saturated carbocycles. The molecule has 3 heteroatoms. The number of hydrogen-bond donors (Lipinski definition) is 2. The minimum atomic E-state index is 0.295. The number of rotatable bonds is 9. The van der Waals surface area contributed by atoms with Gasteiger partial charge in [-0.25, -0.2) is 0 Å². The molecule has 0 aliphatic heterocycles. The molecule has 0 aliphatic carbocycles. The maximum atomic E-state index is 8.90. The summed E-state index contributed by atoms with van der Waals surface area (Å²) in [7, 11) is 0. The average Bonchev–Trinajstić information content (AvgIpc) is 2.13. The number of hydrogen-bond acceptors (Lipinski definition) is 3. The third-order valence-corrected chi connectivity index (χ3v) is 3.47. The summed E-state index contributed by atoms with van der Waals surface area (Å²) in [6.07, 6.45) is 2.04. The van der Waals surface area contributed by atoms with Gasteiger partial charge in [0.05, 0.1) is 0 Å². The number of thioether (sulfide) groups is 1. The fourth-order valence-corrected chi connectivity index (χ4v) is 2.37. The van der Waals surface area contributed by atoms with Crippen molar-refractivity contribution in [3.8, 4) is 0 Å². The lowest BCUT2D eigenvalue weighted by Gasteiger charge is -2.17. The van der Waals surface area contributed by atoms with Gasteiger partial charge in [0.25, 0.3) is 0 Å². The van der Waals surface area contributed by atoms with Crippen molar-refractivity contribution in [3.63, 3.8) is 0 Å². The Morgan fingerprint density at radius 2 is 2.00 bits per heavy atom. The Bertz CT molecular complexity index is 120. The summed E-state index contributed by atoms with van der Waals surface area (Å²) in [5, 5.41) is 12.4. The molecule has 0 fully saturated rings. The fourth-order valence-electron chi connectivity index (χ4n) is 1.19. The van der Waals surface area contributed by atoms with Crippen LogP contribution in [0.25, 0.3) is 0 Å². The van der Waals surface area contributed by atoms with Crippen LogP contribution < -0.4 is 5.32 Å². The monoisotopic (exact) mass is 219 g/mol. The van der Waals surface area contributed by atoms with Crippen molar-refractivity contribution in [2.45, 2.75) is 39.7 Å². The number of nitrogens with one attached hydrogen (secondary N) is 1. The van der Waals surface area contributed by atoms with Crippen LogP contribution in [-0.4, -0.2) is 35.8 Å². The van der Waals surface area contributed by atoms with E-state index in [2.05, 4.69) is 26.1 Å². The van der Waals surface area contributed by atoms with Crippen LogP contribution in [0.2, 0.25) is 0 Å². The van der Waals surface area contributed by atoms with E-state index in [4.69, 9.17) is 5.11 Å². The zero-order valence-electron chi connectivity index (χ0n) is 9.75. The smallest absolute Gasteiger partial charge is 0.0446 e. The van der Waals surface area contributed by atoms with Gasteiger partial charge in [-0.3, -0.25) is 0 Å². The zero-order valence-corrected chi connectivity index (χ0v) is 10.6. The van der Waals surface area contributed by atoms with Crippen LogP contribution in [-0.2, 0) is 0 Å². The molecule has 1 unspecified atom stereocenters. The fraction of sp³-hybridized carbons (Fsp3) is 1.00. The zero-order chi connectivity index (χ0) is 10.8. The molecular weight excluding hydrogens is 194 g/mol. The molecule has 0 bridgehead atoms. The Balaban J connectivity index is 3.50. The first-order valence-electron chi connectivity index (χ1n) is 5.62. The predicted octanol–water partition coefficient (Wildman–Crippen LogP) is 2.13. The van der Waals surface area contributed by atoms with Crippen LogP contribution in [0.5, 0.6) is 0 Å². The molecule has 0 aliphatic rings. The van der Waals surface area contributed by atoms with E-state index in [9.17, 15) is 0 Å². The summed E-state index contributed by atoms with van der Waals surface area (Å²) in [4.78, 5) is 0. The molecule has 2 N–H and O–H groups in total. The maximum Gasteiger partial charge on any atom is 0.0446 e. The standard InChI is InChI=1S/C11H25NOS/c1-4-6-12-11(5-7-13)9-14-8-10(2)3/h10-13H,4-9H2,1-3H3. The normalized spacial score (nSPS) is 13.5. The Morgan fingerprint density at radius 3 is 2.50 bits per heavy atom. The van der Waals surface area contributed by atoms with Gasteiger partial charge in [0.2, 0.25) is 0 Å². The molecule has 0 heterocycles. The molecule has 0 rings (SSSR count). The largest absolute Gasteiger partial charge is 0.396 e. The second-order valence-electron chi connectivity index (χ2n) is 4.09. The molecule has 0 spiro atoms. The van der Waals surface area contributed by atoms with Gasteiger partial charge < -0.3 is 10.4 Å². The third-order valence-electron chi connectivity index (χ3n) is 1.93. The third kappa shape index (κ3) is 8.85. The predicted molar refractivity (Wildman–Crippen MR) is 65.9 cm³/mol. The second-order valence-corrected chi connectivity index (χ2v) is 5.17. The van der Waals surface area contributed by atoms with Crippen molar-refractivity contribution in [2.75, 3.05) is 24.7 Å². The summed E-state index contributed by atoms with van der Waals surface area (Å²) in [5.74, 6) is 3.11. The van der Waals surface area contributed by atoms with E-state index in [1.807, 2.05) is 11.8 Å². The molecule has 1 atom stereocenters. The van der Waals surface area contributed by atoms with Crippen molar-refractivity contribution >= 4 is 11.8 Å². The Labute approximate surface area is 92.9 Å². The van der Waals surface area contributed by atoms with Crippen molar-refractivity contribution in [3.05, 3.63) is 0 Å². The average molecular weight is 219 g/mol.